The predicted molar refractivity (Wildman–Crippen MR) is 52.2 cm³/mol. The Hall–Kier alpha value is -0.170. The molecule has 0 aliphatic carbocycles. The first-order valence-corrected chi connectivity index (χ1v) is 2.59. The maximum atomic E-state index is 10.2. The van der Waals surface area contributed by atoms with Gasteiger partial charge in [-0.25, -0.2) is 4.79 Å². The van der Waals surface area contributed by atoms with Gasteiger partial charge < -0.3 is 24.4 Å². The molecule has 5 nitrogen and oxygen atoms in total. The molecule has 7 N–H and O–H groups in total. The van der Waals surface area contributed by atoms with E-state index in [9.17, 15) is 4.79 Å². The Balaban J connectivity index is -0.0000000337. The first-order chi connectivity index (χ1) is 4.30. The van der Waals surface area contributed by atoms with Gasteiger partial charge in [-0.2, -0.15) is 0 Å². The van der Waals surface area contributed by atoms with Gasteiger partial charge in [-0.1, -0.05) is 18.2 Å². The standard InChI is InChI=1S/C7H6O2.Ca.3H2O.2H/c8-7(9)6-4-2-1-3-5-6;;;;;;/h1-5H,(H,8,9);;3*1H2;;/q;+2;;;;2*-1. The summed E-state index contributed by atoms with van der Waals surface area (Å²) >= 11 is 0. The molecule has 0 bridgehead atoms. The second-order valence-electron chi connectivity index (χ2n) is 1.67. The summed E-state index contributed by atoms with van der Waals surface area (Å²) in [5, 5.41) is 8.38. The fourth-order valence-electron chi connectivity index (χ4n) is 0.581. The minimum atomic E-state index is -0.879. The van der Waals surface area contributed by atoms with Gasteiger partial charge in [0.25, 0.3) is 0 Å². The molecule has 6 heteroatoms. The molecule has 13 heavy (non-hydrogen) atoms. The van der Waals surface area contributed by atoms with Crippen LogP contribution in [-0.4, -0.2) is 65.2 Å². The summed E-state index contributed by atoms with van der Waals surface area (Å²) in [6.07, 6.45) is 0. The first kappa shape index (κ1) is 23.0. The number of benzene rings is 1. The molecule has 74 valence electrons. The van der Waals surface area contributed by atoms with Crippen molar-refractivity contribution < 1.29 is 29.2 Å². The van der Waals surface area contributed by atoms with Crippen molar-refractivity contribution in [1.29, 1.82) is 0 Å². The van der Waals surface area contributed by atoms with Crippen molar-refractivity contribution in [3.8, 4) is 0 Å². The third-order valence-electron chi connectivity index (χ3n) is 1.02. The van der Waals surface area contributed by atoms with Gasteiger partial charge >= 0.3 is 43.7 Å². The van der Waals surface area contributed by atoms with Crippen molar-refractivity contribution in [3.63, 3.8) is 0 Å². The van der Waals surface area contributed by atoms with Crippen molar-refractivity contribution in [2.75, 3.05) is 0 Å². The average Bonchev–Trinajstić information content (AvgIpc) is 1.90. The molecule has 1 aromatic carbocycles. The minimum Gasteiger partial charge on any atom is -1.00 e. The summed E-state index contributed by atoms with van der Waals surface area (Å²) in [5.41, 5.74) is 0.331. The molecule has 1 aromatic rings. The third-order valence-corrected chi connectivity index (χ3v) is 1.02. The summed E-state index contributed by atoms with van der Waals surface area (Å²) in [5.74, 6) is -0.879. The van der Waals surface area contributed by atoms with Gasteiger partial charge in [0.15, 0.2) is 0 Å². The molecule has 0 aliphatic rings. The molecular weight excluding hydrogens is 204 g/mol. The Morgan fingerprint density at radius 3 is 1.69 bits per heavy atom. The quantitative estimate of drug-likeness (QED) is 0.590. The van der Waals surface area contributed by atoms with E-state index in [-0.39, 0.29) is 57.0 Å². The van der Waals surface area contributed by atoms with E-state index in [0.717, 1.165) is 0 Å². The molecule has 0 atom stereocenters. The molecule has 0 saturated carbocycles. The number of carbonyl (C=O) groups is 1. The zero-order valence-electron chi connectivity index (χ0n) is 8.95. The Labute approximate surface area is 108 Å². The van der Waals surface area contributed by atoms with Gasteiger partial charge in [0, 0.05) is 0 Å². The number of carboxylic acid groups (broad SMARTS) is 1. The largest absolute Gasteiger partial charge is 2.00 e. The normalized spacial score (nSPS) is 6.15. The van der Waals surface area contributed by atoms with Crippen LogP contribution in [0.25, 0.3) is 0 Å². The second kappa shape index (κ2) is 11.8. The van der Waals surface area contributed by atoms with Crippen molar-refractivity contribution in [1.82, 2.24) is 0 Å². The summed E-state index contributed by atoms with van der Waals surface area (Å²) in [4.78, 5) is 10.2. The van der Waals surface area contributed by atoms with Crippen LogP contribution in [0.5, 0.6) is 0 Å². The fraction of sp³-hybridized carbons (Fsp3) is 0. The van der Waals surface area contributed by atoms with E-state index in [1.54, 1.807) is 30.3 Å². The van der Waals surface area contributed by atoms with Gasteiger partial charge in [0.05, 0.1) is 5.56 Å². The Morgan fingerprint density at radius 2 is 1.46 bits per heavy atom. The van der Waals surface area contributed by atoms with Crippen LogP contribution in [0.15, 0.2) is 30.3 Å². The van der Waals surface area contributed by atoms with Gasteiger partial charge in [-0.05, 0) is 12.1 Å². The Morgan fingerprint density at radius 1 is 1.08 bits per heavy atom. The molecule has 0 amide bonds. The number of rotatable bonds is 1. The van der Waals surface area contributed by atoms with Crippen LogP contribution in [0.2, 0.25) is 0 Å². The van der Waals surface area contributed by atoms with Crippen LogP contribution >= 0.6 is 0 Å². The zero-order valence-corrected chi connectivity index (χ0v) is 9.16. The summed E-state index contributed by atoms with van der Waals surface area (Å²) < 4.78 is 0. The van der Waals surface area contributed by atoms with E-state index in [1.165, 1.54) is 0 Å². The third kappa shape index (κ3) is 8.17. The molecule has 0 saturated heterocycles. The van der Waals surface area contributed by atoms with Crippen LogP contribution in [0.3, 0.4) is 0 Å². The zero-order chi connectivity index (χ0) is 6.69. The summed E-state index contributed by atoms with van der Waals surface area (Å²) in [6.45, 7) is 0. The van der Waals surface area contributed by atoms with E-state index in [0.29, 0.717) is 5.56 Å². The van der Waals surface area contributed by atoms with E-state index in [1.807, 2.05) is 0 Å². The van der Waals surface area contributed by atoms with E-state index >= 15 is 0 Å². The molecule has 0 unspecified atom stereocenters. The predicted octanol–water partition coefficient (Wildman–Crippen LogP) is -1.25. The van der Waals surface area contributed by atoms with Gasteiger partial charge in [0.1, 0.15) is 0 Å². The molecule has 0 aromatic heterocycles. The second-order valence-corrected chi connectivity index (χ2v) is 1.67. The van der Waals surface area contributed by atoms with Crippen molar-refractivity contribution in [2.24, 2.45) is 0 Å². The molecule has 0 heterocycles. The maximum absolute atomic E-state index is 10.2. The van der Waals surface area contributed by atoms with Crippen LogP contribution in [-0.2, 0) is 0 Å². The first-order valence-electron chi connectivity index (χ1n) is 2.59. The minimum absolute atomic E-state index is 0. The fourth-order valence-corrected chi connectivity index (χ4v) is 0.581. The number of hydrogen-bond acceptors (Lipinski definition) is 1. The molecule has 0 spiro atoms. The van der Waals surface area contributed by atoms with E-state index in [2.05, 4.69) is 0 Å². The summed E-state index contributed by atoms with van der Waals surface area (Å²) in [6, 6.07) is 8.30. The Kier molecular flexibility index (Phi) is 21.0. The van der Waals surface area contributed by atoms with Crippen molar-refractivity contribution >= 4 is 43.7 Å². The number of hydrogen-bond donors (Lipinski definition) is 1. The van der Waals surface area contributed by atoms with Crippen LogP contribution < -0.4 is 0 Å². The van der Waals surface area contributed by atoms with Gasteiger partial charge in [0.2, 0.25) is 0 Å². The summed E-state index contributed by atoms with van der Waals surface area (Å²) in [7, 11) is 0. The van der Waals surface area contributed by atoms with Gasteiger partial charge in [-0.15, -0.1) is 0 Å². The van der Waals surface area contributed by atoms with Crippen molar-refractivity contribution in [2.45, 2.75) is 0 Å². The topological polar surface area (TPSA) is 132 Å². The van der Waals surface area contributed by atoms with E-state index in [4.69, 9.17) is 5.11 Å². The maximum Gasteiger partial charge on any atom is 2.00 e. The molecular formula is C7H14CaO5. The molecule has 1 rings (SSSR count). The van der Waals surface area contributed by atoms with E-state index < -0.39 is 5.97 Å². The number of carboxylic acids is 1. The Bertz CT molecular complexity index is 222. The van der Waals surface area contributed by atoms with Crippen LogP contribution in [0.1, 0.15) is 13.2 Å². The monoisotopic (exact) mass is 218 g/mol. The van der Waals surface area contributed by atoms with Crippen LogP contribution in [0, 0.1) is 0 Å². The molecule has 0 radical (unpaired) electrons. The smallest absolute Gasteiger partial charge is 1.00 e. The molecule has 0 aliphatic heterocycles. The van der Waals surface area contributed by atoms with Crippen molar-refractivity contribution in [3.05, 3.63) is 35.9 Å². The molecule has 0 fully saturated rings. The van der Waals surface area contributed by atoms with Crippen LogP contribution in [0.4, 0.5) is 0 Å². The number of aromatic carboxylic acids is 1. The average molecular weight is 218 g/mol. The van der Waals surface area contributed by atoms with Gasteiger partial charge in [-0.3, -0.25) is 0 Å². The SMILES string of the molecule is O.O.O.O=C(O)c1ccccc1.[Ca+2].[H-].[H-].